The maximum Gasteiger partial charge on any atom is 0.390 e. The van der Waals surface area contributed by atoms with E-state index in [1.165, 1.54) is 0 Å². The summed E-state index contributed by atoms with van der Waals surface area (Å²) < 4.78 is 36.0. The second-order valence-corrected chi connectivity index (χ2v) is 4.81. The number of alkyl halides is 3. The van der Waals surface area contributed by atoms with Crippen LogP contribution in [-0.2, 0) is 0 Å². The summed E-state index contributed by atoms with van der Waals surface area (Å²) in [6.07, 6.45) is -5.07. The molecule has 0 saturated heterocycles. The molecule has 0 atom stereocenters. The largest absolute Gasteiger partial charge is 0.396 e. The van der Waals surface area contributed by atoms with E-state index in [0.29, 0.717) is 19.0 Å². The van der Waals surface area contributed by atoms with E-state index in [1.807, 2.05) is 20.8 Å². The summed E-state index contributed by atoms with van der Waals surface area (Å²) in [5, 5.41) is 14.5. The van der Waals surface area contributed by atoms with Gasteiger partial charge in [0.05, 0.1) is 13.0 Å². The number of aliphatic hydroxyl groups excluding tert-OH is 1. The van der Waals surface area contributed by atoms with Gasteiger partial charge in [-0.3, -0.25) is 4.99 Å². The molecule has 0 aromatic carbocycles. The molecule has 0 aliphatic carbocycles. The number of guanidine groups is 1. The van der Waals surface area contributed by atoms with Gasteiger partial charge in [0.15, 0.2) is 5.96 Å². The lowest BCUT2D eigenvalue weighted by Gasteiger charge is -2.20. The van der Waals surface area contributed by atoms with Crippen molar-refractivity contribution in [2.45, 2.75) is 33.4 Å². The van der Waals surface area contributed by atoms with Gasteiger partial charge in [0.2, 0.25) is 0 Å². The van der Waals surface area contributed by atoms with Gasteiger partial charge in [0, 0.05) is 25.1 Å². The first kappa shape index (κ1) is 17.0. The second kappa shape index (κ2) is 7.45. The number of aliphatic imine (C=N–C) groups is 1. The Bertz CT molecular complexity index is 265. The van der Waals surface area contributed by atoms with E-state index in [4.69, 9.17) is 5.11 Å². The third-order valence-corrected chi connectivity index (χ3v) is 2.14. The summed E-state index contributed by atoms with van der Waals surface area (Å²) in [5.41, 5.74) is -0.383. The van der Waals surface area contributed by atoms with Gasteiger partial charge in [-0.15, -0.1) is 0 Å². The zero-order chi connectivity index (χ0) is 14.2. The molecule has 0 rings (SSSR count). The second-order valence-electron chi connectivity index (χ2n) is 4.81. The van der Waals surface area contributed by atoms with Gasteiger partial charge in [-0.25, -0.2) is 0 Å². The molecule has 0 spiro atoms. The topological polar surface area (TPSA) is 56.7 Å². The average molecular weight is 269 g/mol. The van der Waals surface area contributed by atoms with Crippen LogP contribution in [-0.4, -0.2) is 43.5 Å². The predicted octanol–water partition coefficient (Wildman–Crippen LogP) is 1.51. The maximum absolute atomic E-state index is 12.0. The van der Waals surface area contributed by atoms with Crippen molar-refractivity contribution in [2.75, 3.05) is 26.2 Å². The van der Waals surface area contributed by atoms with Crippen molar-refractivity contribution in [1.82, 2.24) is 10.6 Å². The molecule has 18 heavy (non-hydrogen) atoms. The van der Waals surface area contributed by atoms with E-state index < -0.39 is 12.6 Å². The smallest absolute Gasteiger partial charge is 0.390 e. The third-order valence-electron chi connectivity index (χ3n) is 2.14. The minimum absolute atomic E-state index is 0.0293. The van der Waals surface area contributed by atoms with E-state index in [2.05, 4.69) is 15.6 Å². The van der Waals surface area contributed by atoms with E-state index in [9.17, 15) is 13.2 Å². The Labute approximate surface area is 106 Å². The van der Waals surface area contributed by atoms with Crippen LogP contribution in [0.3, 0.4) is 0 Å². The average Bonchev–Trinajstić information content (AvgIpc) is 2.24. The first-order valence-corrected chi connectivity index (χ1v) is 5.90. The molecule has 0 heterocycles. The molecule has 0 aromatic rings. The molecule has 0 fully saturated rings. The predicted molar refractivity (Wildman–Crippen MR) is 65.5 cm³/mol. The summed E-state index contributed by atoms with van der Waals surface area (Å²) in [6, 6.07) is 0. The van der Waals surface area contributed by atoms with Gasteiger partial charge in [0.1, 0.15) is 0 Å². The molecule has 0 aliphatic rings. The number of hydrogen-bond donors (Lipinski definition) is 3. The fraction of sp³-hybridized carbons (Fsp3) is 0.909. The molecule has 0 saturated carbocycles. The Morgan fingerprint density at radius 1 is 1.22 bits per heavy atom. The highest BCUT2D eigenvalue weighted by Gasteiger charge is 2.26. The van der Waals surface area contributed by atoms with E-state index in [1.54, 1.807) is 0 Å². The summed E-state index contributed by atoms with van der Waals surface area (Å²) in [7, 11) is 0. The van der Waals surface area contributed by atoms with Crippen molar-refractivity contribution in [3.63, 3.8) is 0 Å². The Morgan fingerprint density at radius 3 is 2.28 bits per heavy atom. The lowest BCUT2D eigenvalue weighted by molar-refractivity contribution is -0.132. The van der Waals surface area contributed by atoms with Crippen LogP contribution < -0.4 is 10.6 Å². The molecule has 7 heteroatoms. The lowest BCUT2D eigenvalue weighted by atomic mass is 9.95. The Morgan fingerprint density at radius 2 is 1.83 bits per heavy atom. The molecule has 0 bridgehead atoms. The van der Waals surface area contributed by atoms with Gasteiger partial charge >= 0.3 is 6.18 Å². The number of aliphatic hydroxyl groups is 1. The van der Waals surface area contributed by atoms with Gasteiger partial charge in [-0.2, -0.15) is 13.2 Å². The number of halogens is 3. The highest BCUT2D eigenvalue weighted by Crippen LogP contribution is 2.18. The van der Waals surface area contributed by atoms with Gasteiger partial charge < -0.3 is 15.7 Å². The van der Waals surface area contributed by atoms with Crippen LogP contribution in [0.5, 0.6) is 0 Å². The molecule has 0 aliphatic heterocycles. The van der Waals surface area contributed by atoms with Gasteiger partial charge in [-0.05, 0) is 6.92 Å². The van der Waals surface area contributed by atoms with Crippen LogP contribution >= 0.6 is 0 Å². The zero-order valence-electron chi connectivity index (χ0n) is 11.1. The van der Waals surface area contributed by atoms with Crippen LogP contribution in [0.1, 0.15) is 27.2 Å². The number of nitrogens with one attached hydrogen (secondary N) is 2. The monoisotopic (exact) mass is 269 g/mol. The van der Waals surface area contributed by atoms with Crippen molar-refractivity contribution in [3.05, 3.63) is 0 Å². The minimum atomic E-state index is -4.17. The Hall–Kier alpha value is -0.980. The highest BCUT2D eigenvalue weighted by atomic mass is 19.4. The van der Waals surface area contributed by atoms with E-state index in [0.717, 1.165) is 0 Å². The normalized spacial score (nSPS) is 13.6. The fourth-order valence-electron chi connectivity index (χ4n) is 1.01. The molecule has 0 unspecified atom stereocenters. The standard InChI is InChI=1S/C11H22F3N3O/c1-4-15-9(16-6-5-11(12,13)14)17-7-10(2,3)8-18/h18H,4-8H2,1-3H3,(H2,15,16,17). The van der Waals surface area contributed by atoms with Crippen molar-refractivity contribution in [2.24, 2.45) is 10.4 Å². The van der Waals surface area contributed by atoms with E-state index in [-0.39, 0.29) is 18.6 Å². The van der Waals surface area contributed by atoms with Crippen LogP contribution in [0, 0.1) is 5.41 Å². The summed E-state index contributed by atoms with van der Waals surface area (Å²) in [5.74, 6) is 0.336. The quantitative estimate of drug-likeness (QED) is 0.506. The van der Waals surface area contributed by atoms with E-state index >= 15 is 0 Å². The van der Waals surface area contributed by atoms with Gasteiger partial charge in [0.25, 0.3) is 0 Å². The Kier molecular flexibility index (Phi) is 7.05. The van der Waals surface area contributed by atoms with Crippen molar-refractivity contribution < 1.29 is 18.3 Å². The number of hydrogen-bond acceptors (Lipinski definition) is 2. The summed E-state index contributed by atoms with van der Waals surface area (Å²) in [6.45, 7) is 6.15. The highest BCUT2D eigenvalue weighted by molar-refractivity contribution is 5.79. The van der Waals surface area contributed by atoms with Gasteiger partial charge in [-0.1, -0.05) is 13.8 Å². The van der Waals surface area contributed by atoms with Crippen LogP contribution in [0.2, 0.25) is 0 Å². The lowest BCUT2D eigenvalue weighted by Crippen LogP contribution is -2.39. The number of nitrogens with zero attached hydrogens (tertiary/aromatic N) is 1. The SMILES string of the molecule is CCNC(=NCC(C)(C)CO)NCCC(F)(F)F. The molecule has 0 aromatic heterocycles. The van der Waals surface area contributed by atoms with Crippen molar-refractivity contribution in [1.29, 1.82) is 0 Å². The molecule has 0 radical (unpaired) electrons. The fourth-order valence-corrected chi connectivity index (χ4v) is 1.01. The number of rotatable bonds is 6. The van der Waals surface area contributed by atoms with Crippen LogP contribution in [0.25, 0.3) is 0 Å². The minimum Gasteiger partial charge on any atom is -0.396 e. The van der Waals surface area contributed by atoms with Crippen LogP contribution in [0.15, 0.2) is 4.99 Å². The zero-order valence-corrected chi connectivity index (χ0v) is 11.1. The Balaban J connectivity index is 4.25. The summed E-state index contributed by atoms with van der Waals surface area (Å²) >= 11 is 0. The first-order chi connectivity index (χ1) is 8.20. The van der Waals surface area contributed by atoms with Crippen molar-refractivity contribution in [3.8, 4) is 0 Å². The summed E-state index contributed by atoms with van der Waals surface area (Å²) in [4.78, 5) is 4.14. The molecule has 4 nitrogen and oxygen atoms in total. The first-order valence-electron chi connectivity index (χ1n) is 5.90. The molecular formula is C11H22F3N3O. The van der Waals surface area contributed by atoms with Crippen LogP contribution in [0.4, 0.5) is 13.2 Å². The molecule has 3 N–H and O–H groups in total. The maximum atomic E-state index is 12.0. The molecule has 0 amide bonds. The van der Waals surface area contributed by atoms with Crippen molar-refractivity contribution >= 4 is 5.96 Å². The molecular weight excluding hydrogens is 247 g/mol. The third kappa shape index (κ3) is 9.09. The molecule has 108 valence electrons.